The molecule has 0 radical (unpaired) electrons. The summed E-state index contributed by atoms with van der Waals surface area (Å²) >= 11 is 0. The Balaban J connectivity index is 1.31. The highest BCUT2D eigenvalue weighted by Crippen LogP contribution is 2.23. The smallest absolute Gasteiger partial charge is 0.319 e. The lowest BCUT2D eigenvalue weighted by atomic mass is 10.1. The molecule has 1 aliphatic rings. The van der Waals surface area contributed by atoms with Crippen molar-refractivity contribution in [2.75, 3.05) is 5.32 Å². The Morgan fingerprint density at radius 2 is 1.35 bits per heavy atom. The number of benzene rings is 3. The average Bonchev–Trinajstić information content (AvgIpc) is 3.06. The number of hydrogen-bond acceptors (Lipinski definition) is 2. The van der Waals surface area contributed by atoms with Crippen LogP contribution in [-0.2, 0) is 12.8 Å². The molecule has 0 bridgehead atoms. The molecule has 4 rings (SSSR count). The first-order chi connectivity index (χ1) is 12.8. The number of rotatable bonds is 4. The molecule has 2 amide bonds. The van der Waals surface area contributed by atoms with Crippen molar-refractivity contribution in [2.24, 2.45) is 0 Å². The number of para-hydroxylation sites is 1. The Morgan fingerprint density at radius 3 is 2.00 bits per heavy atom. The number of ether oxygens (including phenoxy) is 1. The fraction of sp³-hybridized carbons (Fsp3) is 0.136. The monoisotopic (exact) mass is 344 g/mol. The van der Waals surface area contributed by atoms with Crippen molar-refractivity contribution in [2.45, 2.75) is 18.9 Å². The van der Waals surface area contributed by atoms with Crippen LogP contribution in [0.3, 0.4) is 0 Å². The number of hydrogen-bond donors (Lipinski definition) is 2. The van der Waals surface area contributed by atoms with Crippen LogP contribution in [-0.4, -0.2) is 12.1 Å². The van der Waals surface area contributed by atoms with E-state index >= 15 is 0 Å². The minimum atomic E-state index is -0.181. The minimum absolute atomic E-state index is 0.146. The Hall–Kier alpha value is -3.27. The molecule has 2 N–H and O–H groups in total. The molecule has 26 heavy (non-hydrogen) atoms. The molecule has 1 aliphatic carbocycles. The third-order valence-electron chi connectivity index (χ3n) is 4.48. The van der Waals surface area contributed by atoms with E-state index in [1.807, 2.05) is 66.7 Å². The zero-order chi connectivity index (χ0) is 17.8. The molecule has 0 atom stereocenters. The summed E-state index contributed by atoms with van der Waals surface area (Å²) in [5.74, 6) is 1.51. The van der Waals surface area contributed by atoms with Crippen LogP contribution < -0.4 is 15.4 Å². The van der Waals surface area contributed by atoms with Crippen molar-refractivity contribution in [3.63, 3.8) is 0 Å². The van der Waals surface area contributed by atoms with Gasteiger partial charge in [-0.2, -0.15) is 0 Å². The predicted octanol–water partition coefficient (Wildman–Crippen LogP) is 4.77. The number of nitrogens with one attached hydrogen (secondary N) is 2. The van der Waals surface area contributed by atoms with Gasteiger partial charge in [0.1, 0.15) is 11.5 Å². The first kappa shape index (κ1) is 16.2. The van der Waals surface area contributed by atoms with E-state index in [0.717, 1.165) is 30.0 Å². The van der Waals surface area contributed by atoms with E-state index in [2.05, 4.69) is 22.8 Å². The van der Waals surface area contributed by atoms with Crippen molar-refractivity contribution < 1.29 is 9.53 Å². The molecule has 0 aliphatic heterocycles. The highest BCUT2D eigenvalue weighted by molar-refractivity contribution is 5.89. The number of anilines is 1. The highest BCUT2D eigenvalue weighted by Gasteiger charge is 2.22. The lowest BCUT2D eigenvalue weighted by molar-refractivity contribution is 0.249. The molecule has 0 saturated carbocycles. The van der Waals surface area contributed by atoms with Crippen LogP contribution in [0.15, 0.2) is 78.9 Å². The largest absolute Gasteiger partial charge is 0.457 e. The van der Waals surface area contributed by atoms with Gasteiger partial charge in [-0.25, -0.2) is 4.79 Å². The molecule has 3 aromatic rings. The predicted molar refractivity (Wildman–Crippen MR) is 103 cm³/mol. The summed E-state index contributed by atoms with van der Waals surface area (Å²) in [5, 5.41) is 5.93. The maximum atomic E-state index is 12.2. The number of carbonyl (C=O) groups is 1. The average molecular weight is 344 g/mol. The summed E-state index contributed by atoms with van der Waals surface area (Å²) in [6.07, 6.45) is 1.76. The maximum Gasteiger partial charge on any atom is 0.319 e. The molecule has 0 saturated heterocycles. The molecule has 0 spiro atoms. The second-order valence-electron chi connectivity index (χ2n) is 6.41. The second kappa shape index (κ2) is 7.31. The van der Waals surface area contributed by atoms with Gasteiger partial charge < -0.3 is 15.4 Å². The lowest BCUT2D eigenvalue weighted by Gasteiger charge is -2.13. The second-order valence-corrected chi connectivity index (χ2v) is 6.41. The summed E-state index contributed by atoms with van der Waals surface area (Å²) in [6.45, 7) is 0. The summed E-state index contributed by atoms with van der Waals surface area (Å²) in [6, 6.07) is 25.3. The third-order valence-corrected chi connectivity index (χ3v) is 4.48. The van der Waals surface area contributed by atoms with Crippen molar-refractivity contribution in [3.05, 3.63) is 90.0 Å². The van der Waals surface area contributed by atoms with Crippen LogP contribution in [0.2, 0.25) is 0 Å². The Kier molecular flexibility index (Phi) is 4.56. The first-order valence-electron chi connectivity index (χ1n) is 8.73. The van der Waals surface area contributed by atoms with Crippen LogP contribution in [0.5, 0.6) is 11.5 Å². The van der Waals surface area contributed by atoms with Gasteiger partial charge in [0.25, 0.3) is 0 Å². The lowest BCUT2D eigenvalue weighted by Crippen LogP contribution is -2.38. The molecule has 4 nitrogen and oxygen atoms in total. The van der Waals surface area contributed by atoms with Crippen molar-refractivity contribution in [1.29, 1.82) is 0 Å². The van der Waals surface area contributed by atoms with Gasteiger partial charge >= 0.3 is 6.03 Å². The third kappa shape index (κ3) is 3.86. The molecular weight excluding hydrogens is 324 g/mol. The number of carbonyl (C=O) groups excluding carboxylic acids is 1. The van der Waals surface area contributed by atoms with Gasteiger partial charge in [0.05, 0.1) is 0 Å². The molecule has 3 aromatic carbocycles. The van der Waals surface area contributed by atoms with Crippen LogP contribution >= 0.6 is 0 Å². The Bertz CT molecular complexity index is 867. The molecule has 0 unspecified atom stereocenters. The first-order valence-corrected chi connectivity index (χ1v) is 8.73. The molecule has 0 fully saturated rings. The van der Waals surface area contributed by atoms with Gasteiger partial charge in [-0.05, 0) is 60.4 Å². The van der Waals surface area contributed by atoms with Crippen LogP contribution in [0.1, 0.15) is 11.1 Å². The highest BCUT2D eigenvalue weighted by atomic mass is 16.5. The van der Waals surface area contributed by atoms with E-state index < -0.39 is 0 Å². The summed E-state index contributed by atoms with van der Waals surface area (Å²) in [5.41, 5.74) is 3.37. The molecule has 4 heteroatoms. The van der Waals surface area contributed by atoms with Gasteiger partial charge in [0, 0.05) is 11.7 Å². The van der Waals surface area contributed by atoms with E-state index in [4.69, 9.17) is 4.74 Å². The van der Waals surface area contributed by atoms with Crippen LogP contribution in [0.4, 0.5) is 10.5 Å². The quantitative estimate of drug-likeness (QED) is 0.716. The van der Waals surface area contributed by atoms with E-state index in [9.17, 15) is 4.79 Å². The van der Waals surface area contributed by atoms with E-state index in [0.29, 0.717) is 0 Å². The van der Waals surface area contributed by atoms with Crippen LogP contribution in [0.25, 0.3) is 0 Å². The Morgan fingerprint density at radius 1 is 0.769 bits per heavy atom. The molecule has 0 heterocycles. The summed E-state index contributed by atoms with van der Waals surface area (Å²) < 4.78 is 5.75. The molecule has 130 valence electrons. The maximum absolute atomic E-state index is 12.2. The van der Waals surface area contributed by atoms with Crippen molar-refractivity contribution >= 4 is 11.7 Å². The standard InChI is InChI=1S/C22H20N2O2/c25-22(24-19-14-16-6-4-5-7-17(16)15-19)23-18-10-12-21(13-11-18)26-20-8-2-1-3-9-20/h1-13,19H,14-15H2,(H2,23,24,25). The van der Waals surface area contributed by atoms with Gasteiger partial charge in [-0.1, -0.05) is 42.5 Å². The number of urea groups is 1. The minimum Gasteiger partial charge on any atom is -0.457 e. The van der Waals surface area contributed by atoms with Crippen molar-refractivity contribution in [3.8, 4) is 11.5 Å². The van der Waals surface area contributed by atoms with E-state index in [1.54, 1.807) is 0 Å². The van der Waals surface area contributed by atoms with E-state index in [-0.39, 0.29) is 12.1 Å². The molecule has 0 aromatic heterocycles. The SMILES string of the molecule is O=C(Nc1ccc(Oc2ccccc2)cc1)NC1Cc2ccccc2C1. The fourth-order valence-corrected chi connectivity index (χ4v) is 3.24. The summed E-state index contributed by atoms with van der Waals surface area (Å²) in [7, 11) is 0. The topological polar surface area (TPSA) is 50.4 Å². The van der Waals surface area contributed by atoms with Gasteiger partial charge in [0.2, 0.25) is 0 Å². The zero-order valence-electron chi connectivity index (χ0n) is 14.3. The zero-order valence-corrected chi connectivity index (χ0v) is 14.3. The normalized spacial score (nSPS) is 13.1. The van der Waals surface area contributed by atoms with Crippen LogP contribution in [0, 0.1) is 0 Å². The molecular formula is C22H20N2O2. The van der Waals surface area contributed by atoms with E-state index in [1.165, 1.54) is 11.1 Å². The summed E-state index contributed by atoms with van der Waals surface area (Å²) in [4.78, 5) is 12.2. The van der Waals surface area contributed by atoms with Gasteiger partial charge in [0.15, 0.2) is 0 Å². The number of amides is 2. The van der Waals surface area contributed by atoms with Gasteiger partial charge in [-0.15, -0.1) is 0 Å². The van der Waals surface area contributed by atoms with Gasteiger partial charge in [-0.3, -0.25) is 0 Å². The van der Waals surface area contributed by atoms with Crippen molar-refractivity contribution in [1.82, 2.24) is 5.32 Å². The Labute approximate surface area is 152 Å². The number of fused-ring (bicyclic) bond motifs is 1. The fourth-order valence-electron chi connectivity index (χ4n) is 3.24.